The molecule has 0 spiro atoms. The summed E-state index contributed by atoms with van der Waals surface area (Å²) >= 11 is 0. The first-order valence-corrected chi connectivity index (χ1v) is 12.3. The van der Waals surface area contributed by atoms with Crippen LogP contribution in [0, 0.1) is 18.8 Å². The van der Waals surface area contributed by atoms with Gasteiger partial charge in [0.25, 0.3) is 11.5 Å². The van der Waals surface area contributed by atoms with Crippen molar-refractivity contribution in [3.8, 4) is 0 Å². The number of carbonyl (C=O) groups excluding carboxylic acids is 1. The molecular weight excluding hydrogens is 471 g/mol. The molecular formula is C26H40Cl2N4O2. The van der Waals surface area contributed by atoms with Crippen LogP contribution in [0.5, 0.6) is 0 Å². The van der Waals surface area contributed by atoms with Crippen molar-refractivity contribution in [3.63, 3.8) is 0 Å². The Labute approximate surface area is 215 Å². The maximum absolute atomic E-state index is 13.4. The van der Waals surface area contributed by atoms with Gasteiger partial charge in [0, 0.05) is 24.5 Å². The number of fused-ring (bicyclic) bond motifs is 1. The van der Waals surface area contributed by atoms with Crippen LogP contribution in [0.3, 0.4) is 0 Å². The third-order valence-corrected chi connectivity index (χ3v) is 7.14. The predicted octanol–water partition coefficient (Wildman–Crippen LogP) is 4.00. The monoisotopic (exact) mass is 510 g/mol. The highest BCUT2D eigenvalue weighted by atomic mass is 35.5. The predicted molar refractivity (Wildman–Crippen MR) is 145 cm³/mol. The lowest BCUT2D eigenvalue weighted by molar-refractivity contribution is 0.0940. The Morgan fingerprint density at radius 3 is 2.35 bits per heavy atom. The number of rotatable bonds is 6. The lowest BCUT2D eigenvalue weighted by Crippen LogP contribution is -2.42. The molecule has 1 aromatic heterocycles. The summed E-state index contributed by atoms with van der Waals surface area (Å²) in [6.45, 7) is 12.3. The zero-order valence-electron chi connectivity index (χ0n) is 20.6. The molecule has 0 aliphatic carbocycles. The van der Waals surface area contributed by atoms with Gasteiger partial charge in [0.2, 0.25) is 0 Å². The number of pyridine rings is 1. The first-order valence-electron chi connectivity index (χ1n) is 12.3. The molecule has 0 saturated carbocycles. The van der Waals surface area contributed by atoms with E-state index in [4.69, 9.17) is 0 Å². The van der Waals surface area contributed by atoms with Gasteiger partial charge in [-0.1, -0.05) is 12.1 Å². The summed E-state index contributed by atoms with van der Waals surface area (Å²) in [6.07, 6.45) is 4.78. The highest BCUT2D eigenvalue weighted by Gasteiger charge is 2.25. The molecule has 2 saturated heterocycles. The second kappa shape index (κ2) is 12.9. The Kier molecular flexibility index (Phi) is 10.9. The van der Waals surface area contributed by atoms with Crippen LogP contribution in [0.1, 0.15) is 55.5 Å². The summed E-state index contributed by atoms with van der Waals surface area (Å²) in [6, 6.07) is 7.83. The third kappa shape index (κ3) is 6.75. The van der Waals surface area contributed by atoms with Crippen molar-refractivity contribution in [1.29, 1.82) is 0 Å². The fraction of sp³-hybridized carbons (Fsp3) is 0.615. The molecule has 2 N–H and O–H groups in total. The van der Waals surface area contributed by atoms with Crippen molar-refractivity contribution < 1.29 is 4.79 Å². The first kappa shape index (κ1) is 28.6. The number of hydrogen-bond acceptors (Lipinski definition) is 4. The molecule has 1 aromatic carbocycles. The number of aromatic nitrogens is 1. The maximum atomic E-state index is 13.4. The zero-order chi connectivity index (χ0) is 22.7. The summed E-state index contributed by atoms with van der Waals surface area (Å²) < 4.78 is 1.87. The van der Waals surface area contributed by atoms with E-state index in [9.17, 15) is 9.59 Å². The van der Waals surface area contributed by atoms with E-state index >= 15 is 0 Å². The Bertz CT molecular complexity index is 1010. The van der Waals surface area contributed by atoms with Gasteiger partial charge in [0.05, 0.1) is 5.52 Å². The molecule has 0 radical (unpaired) electrons. The SMILES string of the molecule is Cc1cccc2c1cc(C(=O)NC(C)C)c(=O)n2CC1CCN(CC2CCNCC2)CC1.Cl.Cl. The number of piperidine rings is 2. The summed E-state index contributed by atoms with van der Waals surface area (Å²) in [4.78, 5) is 28.8. The fourth-order valence-corrected chi connectivity index (χ4v) is 5.27. The molecule has 0 unspecified atom stereocenters. The number of carbonyl (C=O) groups is 1. The van der Waals surface area contributed by atoms with E-state index in [1.165, 1.54) is 19.4 Å². The first-order chi connectivity index (χ1) is 15.4. The summed E-state index contributed by atoms with van der Waals surface area (Å²) in [5, 5.41) is 7.34. The van der Waals surface area contributed by atoms with E-state index in [1.54, 1.807) is 6.07 Å². The summed E-state index contributed by atoms with van der Waals surface area (Å²) in [5.74, 6) is 1.00. The number of benzene rings is 1. The average molecular weight is 512 g/mol. The van der Waals surface area contributed by atoms with Crippen LogP contribution in [0.25, 0.3) is 10.9 Å². The van der Waals surface area contributed by atoms with Gasteiger partial charge in [-0.15, -0.1) is 24.8 Å². The molecule has 1 amide bonds. The van der Waals surface area contributed by atoms with Gasteiger partial charge in [0.15, 0.2) is 0 Å². The summed E-state index contributed by atoms with van der Waals surface area (Å²) in [5.41, 5.74) is 2.11. The normalized spacial score (nSPS) is 17.9. The van der Waals surface area contributed by atoms with Crippen LogP contribution in [0.4, 0.5) is 0 Å². The summed E-state index contributed by atoms with van der Waals surface area (Å²) in [7, 11) is 0. The average Bonchev–Trinajstić information content (AvgIpc) is 2.77. The third-order valence-electron chi connectivity index (χ3n) is 7.14. The van der Waals surface area contributed by atoms with Crippen LogP contribution in [0.15, 0.2) is 29.1 Å². The number of amides is 1. The second-order valence-corrected chi connectivity index (χ2v) is 10.0. The van der Waals surface area contributed by atoms with Crippen molar-refractivity contribution in [2.24, 2.45) is 11.8 Å². The van der Waals surface area contributed by atoms with E-state index in [0.717, 1.165) is 61.4 Å². The molecule has 190 valence electrons. The van der Waals surface area contributed by atoms with Gasteiger partial charge in [-0.25, -0.2) is 0 Å². The molecule has 3 heterocycles. The van der Waals surface area contributed by atoms with Gasteiger partial charge in [-0.3, -0.25) is 9.59 Å². The molecule has 2 fully saturated rings. The van der Waals surface area contributed by atoms with Crippen LogP contribution in [-0.4, -0.2) is 54.1 Å². The number of nitrogens with one attached hydrogen (secondary N) is 2. The minimum atomic E-state index is -0.277. The van der Waals surface area contributed by atoms with Gasteiger partial charge in [0.1, 0.15) is 5.56 Å². The largest absolute Gasteiger partial charge is 0.350 e. The quantitative estimate of drug-likeness (QED) is 0.616. The van der Waals surface area contributed by atoms with Crippen LogP contribution < -0.4 is 16.2 Å². The van der Waals surface area contributed by atoms with Crippen molar-refractivity contribution in [3.05, 3.63) is 45.7 Å². The van der Waals surface area contributed by atoms with E-state index in [0.29, 0.717) is 12.5 Å². The lowest BCUT2D eigenvalue weighted by Gasteiger charge is -2.35. The molecule has 0 bridgehead atoms. The minimum Gasteiger partial charge on any atom is -0.350 e. The Balaban J connectivity index is 0.00000204. The number of hydrogen-bond donors (Lipinski definition) is 2. The van der Waals surface area contributed by atoms with E-state index < -0.39 is 0 Å². The standard InChI is InChI=1S/C26H38N4O2.2ClH/c1-18(2)28-25(31)23-15-22-19(3)5-4-6-24(22)30(26(23)32)17-21-9-13-29(14-10-21)16-20-7-11-27-12-8-20;;/h4-6,15,18,20-21,27H,7-14,16-17H2,1-3H3,(H,28,31);2*1H. The smallest absolute Gasteiger partial charge is 0.263 e. The number of halogens is 2. The molecule has 8 heteroatoms. The highest BCUT2D eigenvalue weighted by Crippen LogP contribution is 2.24. The second-order valence-electron chi connectivity index (χ2n) is 10.0. The topological polar surface area (TPSA) is 66.4 Å². The van der Waals surface area contributed by atoms with Crippen molar-refractivity contribution in [2.45, 2.75) is 59.0 Å². The molecule has 2 aliphatic heterocycles. The number of aryl methyl sites for hydroxylation is 1. The molecule has 34 heavy (non-hydrogen) atoms. The van der Waals surface area contributed by atoms with E-state index in [1.807, 2.05) is 43.5 Å². The Morgan fingerprint density at radius 2 is 1.71 bits per heavy atom. The van der Waals surface area contributed by atoms with Crippen LogP contribution >= 0.6 is 24.8 Å². The van der Waals surface area contributed by atoms with Gasteiger partial charge >= 0.3 is 0 Å². The highest BCUT2D eigenvalue weighted by molar-refractivity contribution is 5.98. The van der Waals surface area contributed by atoms with Crippen LogP contribution in [0.2, 0.25) is 0 Å². The molecule has 0 atom stereocenters. The zero-order valence-corrected chi connectivity index (χ0v) is 22.3. The van der Waals surface area contributed by atoms with Crippen molar-refractivity contribution >= 4 is 41.6 Å². The van der Waals surface area contributed by atoms with Crippen LogP contribution in [-0.2, 0) is 6.54 Å². The Hall–Kier alpha value is -1.60. The Morgan fingerprint density at radius 1 is 1.06 bits per heavy atom. The van der Waals surface area contributed by atoms with Crippen molar-refractivity contribution in [1.82, 2.24) is 20.1 Å². The van der Waals surface area contributed by atoms with Crippen molar-refractivity contribution in [2.75, 3.05) is 32.7 Å². The van der Waals surface area contributed by atoms with E-state index in [2.05, 4.69) is 15.5 Å². The molecule has 4 rings (SSSR count). The van der Waals surface area contributed by atoms with Gasteiger partial charge in [-0.2, -0.15) is 0 Å². The van der Waals surface area contributed by atoms with Gasteiger partial charge in [-0.05, 0) is 102 Å². The number of likely N-dealkylation sites (tertiary alicyclic amines) is 1. The lowest BCUT2D eigenvalue weighted by atomic mass is 9.93. The maximum Gasteiger partial charge on any atom is 0.263 e. The fourth-order valence-electron chi connectivity index (χ4n) is 5.27. The molecule has 6 nitrogen and oxygen atoms in total. The van der Waals surface area contributed by atoms with E-state index in [-0.39, 0.29) is 47.9 Å². The van der Waals surface area contributed by atoms with Gasteiger partial charge < -0.3 is 20.1 Å². The molecule has 2 aliphatic rings. The number of nitrogens with zero attached hydrogens (tertiary/aromatic N) is 2. The minimum absolute atomic E-state index is 0. The molecule has 2 aromatic rings.